The minimum Gasteiger partial charge on any atom is -0.351 e. The van der Waals surface area contributed by atoms with Gasteiger partial charge in [0.15, 0.2) is 5.69 Å². The highest BCUT2D eigenvalue weighted by Gasteiger charge is 2.33. The largest absolute Gasteiger partial charge is 0.435 e. The molecular weight excluding hydrogens is 367 g/mol. The fraction of sp³-hybridized carbons (Fsp3) is 0.238. The molecule has 7 heteroatoms. The third-order valence-corrected chi connectivity index (χ3v) is 4.44. The standard InChI is InChI=1S/C21H20F3N3O/c1-15(25-19(28)14-27-13-12-18(26-27)21(22,23)24)20(16-8-4-2-5-9-16)17-10-6-3-7-11-17/h2-13,15,20H,14H2,1H3,(H,25,28)/t15-/m0/s1. The van der Waals surface area contributed by atoms with Crippen LogP contribution >= 0.6 is 0 Å². The highest BCUT2D eigenvalue weighted by atomic mass is 19.4. The van der Waals surface area contributed by atoms with Crippen molar-refractivity contribution < 1.29 is 18.0 Å². The first-order valence-electron chi connectivity index (χ1n) is 8.84. The maximum absolute atomic E-state index is 12.7. The van der Waals surface area contributed by atoms with Crippen LogP contribution in [0.15, 0.2) is 72.9 Å². The van der Waals surface area contributed by atoms with Crippen LogP contribution in [-0.4, -0.2) is 21.7 Å². The molecule has 1 heterocycles. The minimum atomic E-state index is -4.53. The number of carbonyl (C=O) groups is 1. The van der Waals surface area contributed by atoms with E-state index in [-0.39, 0.29) is 18.5 Å². The summed E-state index contributed by atoms with van der Waals surface area (Å²) in [7, 11) is 0. The maximum Gasteiger partial charge on any atom is 0.435 e. The molecule has 1 amide bonds. The van der Waals surface area contributed by atoms with Crippen LogP contribution in [0.3, 0.4) is 0 Å². The summed E-state index contributed by atoms with van der Waals surface area (Å²) < 4.78 is 39.0. The summed E-state index contributed by atoms with van der Waals surface area (Å²) in [6.07, 6.45) is -3.38. The molecule has 1 aromatic heterocycles. The molecule has 0 saturated carbocycles. The summed E-state index contributed by atoms with van der Waals surface area (Å²) in [5.74, 6) is -0.490. The van der Waals surface area contributed by atoms with Crippen molar-refractivity contribution >= 4 is 5.91 Å². The van der Waals surface area contributed by atoms with Crippen LogP contribution in [0.1, 0.15) is 29.7 Å². The fourth-order valence-corrected chi connectivity index (χ4v) is 3.22. The predicted octanol–water partition coefficient (Wildman–Crippen LogP) is 4.24. The Hall–Kier alpha value is -3.09. The van der Waals surface area contributed by atoms with E-state index in [1.807, 2.05) is 67.6 Å². The third kappa shape index (κ3) is 4.79. The lowest BCUT2D eigenvalue weighted by atomic mass is 9.86. The van der Waals surface area contributed by atoms with Gasteiger partial charge in [-0.25, -0.2) is 0 Å². The molecule has 0 aliphatic heterocycles. The number of amides is 1. The van der Waals surface area contributed by atoms with E-state index in [1.165, 1.54) is 0 Å². The van der Waals surface area contributed by atoms with Crippen molar-refractivity contribution in [2.75, 3.05) is 0 Å². The lowest BCUT2D eigenvalue weighted by Gasteiger charge is -2.26. The van der Waals surface area contributed by atoms with Crippen molar-refractivity contribution in [1.82, 2.24) is 15.1 Å². The van der Waals surface area contributed by atoms with E-state index in [1.54, 1.807) is 0 Å². The number of benzene rings is 2. The van der Waals surface area contributed by atoms with Crippen LogP contribution in [-0.2, 0) is 17.5 Å². The number of aromatic nitrogens is 2. The average molecular weight is 387 g/mol. The van der Waals surface area contributed by atoms with Gasteiger partial charge in [-0.15, -0.1) is 0 Å². The van der Waals surface area contributed by atoms with Gasteiger partial charge in [-0.3, -0.25) is 9.48 Å². The number of nitrogens with one attached hydrogen (secondary N) is 1. The van der Waals surface area contributed by atoms with Crippen LogP contribution in [0.5, 0.6) is 0 Å². The highest BCUT2D eigenvalue weighted by Crippen LogP contribution is 2.28. The Morgan fingerprint density at radius 2 is 1.54 bits per heavy atom. The summed E-state index contributed by atoms with van der Waals surface area (Å²) in [4.78, 5) is 12.4. The monoisotopic (exact) mass is 387 g/mol. The van der Waals surface area contributed by atoms with Crippen molar-refractivity contribution in [2.45, 2.75) is 31.6 Å². The zero-order valence-corrected chi connectivity index (χ0v) is 15.2. The fourth-order valence-electron chi connectivity index (χ4n) is 3.22. The number of hydrogen-bond donors (Lipinski definition) is 1. The second kappa shape index (κ2) is 8.29. The summed E-state index contributed by atoms with van der Waals surface area (Å²) in [5.41, 5.74) is 1.07. The van der Waals surface area contributed by atoms with Crippen molar-refractivity contribution in [2.24, 2.45) is 0 Å². The predicted molar refractivity (Wildman–Crippen MR) is 99.6 cm³/mol. The molecule has 0 radical (unpaired) electrons. The van der Waals surface area contributed by atoms with Crippen LogP contribution in [0.25, 0.3) is 0 Å². The SMILES string of the molecule is C[C@H](NC(=O)Cn1ccc(C(F)(F)F)n1)C(c1ccccc1)c1ccccc1. The van der Waals surface area contributed by atoms with Crippen molar-refractivity contribution in [3.63, 3.8) is 0 Å². The van der Waals surface area contributed by atoms with Gasteiger partial charge in [0.05, 0.1) is 0 Å². The van der Waals surface area contributed by atoms with E-state index >= 15 is 0 Å². The first-order chi connectivity index (χ1) is 13.3. The molecule has 3 aromatic rings. The number of nitrogens with zero attached hydrogens (tertiary/aromatic N) is 2. The van der Waals surface area contributed by atoms with Crippen molar-refractivity contribution in [1.29, 1.82) is 0 Å². The molecule has 0 bridgehead atoms. The molecule has 0 unspecified atom stereocenters. The van der Waals surface area contributed by atoms with Gasteiger partial charge in [-0.05, 0) is 24.1 Å². The molecule has 1 N–H and O–H groups in total. The summed E-state index contributed by atoms with van der Waals surface area (Å²) in [6.45, 7) is 1.60. The van der Waals surface area contributed by atoms with E-state index in [9.17, 15) is 18.0 Å². The quantitative estimate of drug-likeness (QED) is 0.688. The molecule has 0 saturated heterocycles. The normalized spacial score (nSPS) is 12.8. The number of carbonyl (C=O) groups excluding carboxylic acids is 1. The summed E-state index contributed by atoms with van der Waals surface area (Å²) in [5, 5.41) is 6.31. The van der Waals surface area contributed by atoms with Crippen LogP contribution in [0.4, 0.5) is 13.2 Å². The molecule has 0 aliphatic rings. The lowest BCUT2D eigenvalue weighted by Crippen LogP contribution is -2.39. The van der Waals surface area contributed by atoms with E-state index in [0.29, 0.717) is 0 Å². The number of hydrogen-bond acceptors (Lipinski definition) is 2. The van der Waals surface area contributed by atoms with E-state index in [4.69, 9.17) is 0 Å². The van der Waals surface area contributed by atoms with Gasteiger partial charge in [0.25, 0.3) is 0 Å². The minimum absolute atomic E-state index is 0.0882. The van der Waals surface area contributed by atoms with Crippen LogP contribution in [0, 0.1) is 0 Å². The molecule has 146 valence electrons. The Kier molecular flexibility index (Phi) is 5.82. The zero-order chi connectivity index (χ0) is 20.1. The van der Waals surface area contributed by atoms with Gasteiger partial charge in [0, 0.05) is 18.2 Å². The molecule has 4 nitrogen and oxygen atoms in total. The Morgan fingerprint density at radius 1 is 1.00 bits per heavy atom. The average Bonchev–Trinajstić information content (AvgIpc) is 3.12. The highest BCUT2D eigenvalue weighted by molar-refractivity contribution is 5.76. The van der Waals surface area contributed by atoms with Gasteiger partial charge < -0.3 is 5.32 Å². The van der Waals surface area contributed by atoms with E-state index < -0.39 is 17.8 Å². The molecule has 0 spiro atoms. The Balaban J connectivity index is 1.74. The summed E-state index contributed by atoms with van der Waals surface area (Å²) >= 11 is 0. The number of rotatable bonds is 6. The van der Waals surface area contributed by atoms with Gasteiger partial charge in [-0.1, -0.05) is 60.7 Å². The van der Waals surface area contributed by atoms with Crippen molar-refractivity contribution in [3.05, 3.63) is 89.7 Å². The molecular formula is C21H20F3N3O. The van der Waals surface area contributed by atoms with Crippen LogP contribution in [0.2, 0.25) is 0 Å². The molecule has 1 atom stereocenters. The molecule has 0 aliphatic carbocycles. The third-order valence-electron chi connectivity index (χ3n) is 4.44. The van der Waals surface area contributed by atoms with E-state index in [0.717, 1.165) is 28.1 Å². The smallest absolute Gasteiger partial charge is 0.351 e. The zero-order valence-electron chi connectivity index (χ0n) is 15.2. The van der Waals surface area contributed by atoms with E-state index in [2.05, 4.69) is 10.4 Å². The molecule has 2 aromatic carbocycles. The Bertz CT molecular complexity index is 868. The summed E-state index contributed by atoms with van der Waals surface area (Å²) in [6, 6.07) is 20.1. The van der Waals surface area contributed by atoms with Gasteiger partial charge in [0.2, 0.25) is 5.91 Å². The van der Waals surface area contributed by atoms with Gasteiger partial charge >= 0.3 is 6.18 Å². The topological polar surface area (TPSA) is 46.9 Å². The maximum atomic E-state index is 12.7. The molecule has 3 rings (SSSR count). The van der Waals surface area contributed by atoms with Crippen LogP contribution < -0.4 is 5.32 Å². The van der Waals surface area contributed by atoms with Crippen molar-refractivity contribution in [3.8, 4) is 0 Å². The number of halogens is 3. The Morgan fingerprint density at radius 3 is 2.00 bits per heavy atom. The lowest BCUT2D eigenvalue weighted by molar-refractivity contribution is -0.141. The van der Waals surface area contributed by atoms with Gasteiger partial charge in [0.1, 0.15) is 6.54 Å². The Labute approximate surface area is 161 Å². The molecule has 0 fully saturated rings. The van der Waals surface area contributed by atoms with Gasteiger partial charge in [-0.2, -0.15) is 18.3 Å². The molecule has 28 heavy (non-hydrogen) atoms. The second-order valence-electron chi connectivity index (χ2n) is 6.55. The second-order valence-corrected chi connectivity index (χ2v) is 6.55. The number of alkyl halides is 3. The first kappa shape index (κ1) is 19.7. The first-order valence-corrected chi connectivity index (χ1v) is 8.84.